The van der Waals surface area contributed by atoms with Crippen LogP contribution in [0.1, 0.15) is 78.9 Å². The molecule has 1 unspecified atom stereocenters. The predicted molar refractivity (Wildman–Crippen MR) is 173 cm³/mol. The molecule has 10 heteroatoms. The highest BCUT2D eigenvalue weighted by Gasteiger charge is 2.42. The Kier molecular flexibility index (Phi) is 15.3. The van der Waals surface area contributed by atoms with E-state index < -0.39 is 30.3 Å². The molecule has 1 heterocycles. The molecule has 0 spiro atoms. The second-order valence-corrected chi connectivity index (χ2v) is 12.8. The number of benzene rings is 1. The van der Waals surface area contributed by atoms with Crippen LogP contribution in [0.15, 0.2) is 30.3 Å². The summed E-state index contributed by atoms with van der Waals surface area (Å²) in [5, 5.41) is 16.8. The van der Waals surface area contributed by atoms with Gasteiger partial charge in [0, 0.05) is 27.8 Å². The molecule has 9 atom stereocenters. The first-order valence-electron chi connectivity index (χ1n) is 16.2. The first kappa shape index (κ1) is 37.7. The van der Waals surface area contributed by atoms with Crippen molar-refractivity contribution in [1.82, 2.24) is 20.4 Å². The second-order valence-electron chi connectivity index (χ2n) is 12.8. The number of ether oxygens (including phenoxy) is 2. The van der Waals surface area contributed by atoms with Crippen LogP contribution in [-0.4, -0.2) is 104 Å². The maximum absolute atomic E-state index is 13.9. The molecule has 2 rings (SSSR count). The number of amides is 3. The van der Waals surface area contributed by atoms with E-state index in [2.05, 4.69) is 24.5 Å². The summed E-state index contributed by atoms with van der Waals surface area (Å²) in [6.07, 6.45) is 0.577. The lowest BCUT2D eigenvalue weighted by molar-refractivity contribution is -0.147. The summed E-state index contributed by atoms with van der Waals surface area (Å²) >= 11 is 0. The van der Waals surface area contributed by atoms with Gasteiger partial charge in [-0.3, -0.25) is 14.4 Å². The highest BCUT2D eigenvalue weighted by Crippen LogP contribution is 2.30. The van der Waals surface area contributed by atoms with Gasteiger partial charge in [0.15, 0.2) is 0 Å². The molecule has 10 nitrogen and oxygen atoms in total. The SMILES string of the molecule is CC[C@H](C)[C@@H](C(CC(=O)N1CCC[C@H]1[C@H](OC)[C@@H](C)C(=O)N[C@H](C)[C@@H](O)c1ccccc1)OC)N(C)C(=O)[C@@H](NC)C(C)C. The third-order valence-electron chi connectivity index (χ3n) is 9.49. The number of nitrogens with zero attached hydrogens (tertiary/aromatic N) is 2. The van der Waals surface area contributed by atoms with E-state index in [0.29, 0.717) is 13.0 Å². The highest BCUT2D eigenvalue weighted by molar-refractivity contribution is 5.83. The van der Waals surface area contributed by atoms with Crippen molar-refractivity contribution in [3.63, 3.8) is 0 Å². The quantitative estimate of drug-likeness (QED) is 0.245. The Morgan fingerprint density at radius 2 is 1.70 bits per heavy atom. The van der Waals surface area contributed by atoms with Gasteiger partial charge in [-0.25, -0.2) is 0 Å². The Morgan fingerprint density at radius 3 is 2.23 bits per heavy atom. The molecule has 250 valence electrons. The topological polar surface area (TPSA) is 120 Å². The molecule has 44 heavy (non-hydrogen) atoms. The van der Waals surface area contributed by atoms with E-state index in [1.54, 1.807) is 47.1 Å². The minimum absolute atomic E-state index is 0.0211. The lowest BCUT2D eigenvalue weighted by atomic mass is 9.89. The van der Waals surface area contributed by atoms with Crippen LogP contribution in [0.2, 0.25) is 0 Å². The van der Waals surface area contributed by atoms with Gasteiger partial charge in [-0.05, 0) is 44.2 Å². The smallest absolute Gasteiger partial charge is 0.240 e. The lowest BCUT2D eigenvalue weighted by Crippen LogP contribution is -2.56. The summed E-state index contributed by atoms with van der Waals surface area (Å²) in [5.74, 6) is -0.695. The fourth-order valence-corrected chi connectivity index (χ4v) is 6.64. The minimum Gasteiger partial charge on any atom is -0.386 e. The van der Waals surface area contributed by atoms with E-state index >= 15 is 0 Å². The Morgan fingerprint density at radius 1 is 1.07 bits per heavy atom. The Balaban J connectivity index is 2.19. The largest absolute Gasteiger partial charge is 0.386 e. The molecule has 1 fully saturated rings. The highest BCUT2D eigenvalue weighted by atomic mass is 16.5. The summed E-state index contributed by atoms with van der Waals surface area (Å²) in [6, 6.07) is 7.81. The lowest BCUT2D eigenvalue weighted by Gasteiger charge is -2.40. The van der Waals surface area contributed by atoms with Crippen molar-refractivity contribution in [3.8, 4) is 0 Å². The van der Waals surface area contributed by atoms with Crippen LogP contribution in [0.4, 0.5) is 0 Å². The number of likely N-dealkylation sites (tertiary alicyclic amines) is 1. The van der Waals surface area contributed by atoms with Crippen molar-refractivity contribution in [2.45, 2.75) is 110 Å². The van der Waals surface area contributed by atoms with E-state index in [1.165, 1.54) is 0 Å². The average molecular weight is 619 g/mol. The molecule has 3 N–H and O–H groups in total. The number of carbonyl (C=O) groups excluding carboxylic acids is 3. The van der Waals surface area contributed by atoms with Crippen LogP contribution in [0.5, 0.6) is 0 Å². The fraction of sp³-hybridized carbons (Fsp3) is 0.735. The zero-order valence-corrected chi connectivity index (χ0v) is 28.6. The summed E-state index contributed by atoms with van der Waals surface area (Å²) in [4.78, 5) is 44.3. The van der Waals surface area contributed by atoms with Gasteiger partial charge in [-0.2, -0.15) is 0 Å². The molecular formula is C34H58N4O6. The van der Waals surface area contributed by atoms with Crippen LogP contribution < -0.4 is 10.6 Å². The molecular weight excluding hydrogens is 560 g/mol. The van der Waals surface area contributed by atoms with E-state index in [9.17, 15) is 19.5 Å². The number of aliphatic hydroxyl groups excluding tert-OH is 1. The number of rotatable bonds is 17. The van der Waals surface area contributed by atoms with Gasteiger partial charge in [0.05, 0.1) is 54.8 Å². The third kappa shape index (κ3) is 9.25. The van der Waals surface area contributed by atoms with Crippen molar-refractivity contribution < 1.29 is 29.0 Å². The van der Waals surface area contributed by atoms with Crippen molar-refractivity contribution in [3.05, 3.63) is 35.9 Å². The van der Waals surface area contributed by atoms with Crippen molar-refractivity contribution >= 4 is 17.7 Å². The third-order valence-corrected chi connectivity index (χ3v) is 9.49. The van der Waals surface area contributed by atoms with Gasteiger partial charge in [-0.15, -0.1) is 0 Å². The Labute approximate surface area is 265 Å². The number of aliphatic hydroxyl groups is 1. The molecule has 1 aliphatic heterocycles. The standard InChI is InChI=1S/C34H58N4O6/c1-11-22(4)30(37(8)34(42)29(35-7)21(2)3)27(43-9)20-28(39)38-19-15-18-26(38)32(44-10)23(5)33(41)36-24(6)31(40)25-16-13-12-14-17-25/h12-14,16-17,21-24,26-27,29-32,35,40H,11,15,18-20H2,1-10H3,(H,36,41)/t22-,23+,24+,26-,27?,29-,30-,31+,32+/m0/s1. The molecule has 3 amide bonds. The number of nitrogens with one attached hydrogen (secondary N) is 2. The molecule has 1 aromatic carbocycles. The number of methoxy groups -OCH3 is 2. The molecule has 0 aromatic heterocycles. The number of likely N-dealkylation sites (N-methyl/N-ethyl adjacent to an activating group) is 2. The monoisotopic (exact) mass is 618 g/mol. The molecule has 0 radical (unpaired) electrons. The maximum atomic E-state index is 13.9. The zero-order valence-electron chi connectivity index (χ0n) is 28.6. The van der Waals surface area contributed by atoms with Crippen LogP contribution in [-0.2, 0) is 23.9 Å². The number of hydrogen-bond acceptors (Lipinski definition) is 7. The van der Waals surface area contributed by atoms with E-state index in [1.807, 2.05) is 49.1 Å². The number of carbonyl (C=O) groups is 3. The van der Waals surface area contributed by atoms with Crippen LogP contribution in [0.3, 0.4) is 0 Å². The summed E-state index contributed by atoms with van der Waals surface area (Å²) in [7, 11) is 6.76. The molecule has 0 bridgehead atoms. The van der Waals surface area contributed by atoms with Gasteiger partial charge >= 0.3 is 0 Å². The van der Waals surface area contributed by atoms with E-state index in [0.717, 1.165) is 18.4 Å². The van der Waals surface area contributed by atoms with Crippen molar-refractivity contribution in [2.24, 2.45) is 17.8 Å². The Bertz CT molecular complexity index is 1040. The fourth-order valence-electron chi connectivity index (χ4n) is 6.64. The van der Waals surface area contributed by atoms with Gasteiger partial charge in [0.1, 0.15) is 0 Å². The summed E-state index contributed by atoms with van der Waals surface area (Å²) < 4.78 is 11.8. The first-order valence-corrected chi connectivity index (χ1v) is 16.2. The van der Waals surface area contributed by atoms with Gasteiger partial charge < -0.3 is 35.0 Å². The van der Waals surface area contributed by atoms with Crippen LogP contribution in [0.25, 0.3) is 0 Å². The van der Waals surface area contributed by atoms with E-state index in [4.69, 9.17) is 9.47 Å². The van der Waals surface area contributed by atoms with E-state index in [-0.39, 0.29) is 54.1 Å². The average Bonchev–Trinajstić information content (AvgIpc) is 3.50. The molecule has 1 saturated heterocycles. The van der Waals surface area contributed by atoms with Gasteiger partial charge in [0.25, 0.3) is 0 Å². The van der Waals surface area contributed by atoms with Crippen LogP contribution in [0, 0.1) is 17.8 Å². The summed E-state index contributed by atoms with van der Waals surface area (Å²) in [6.45, 7) is 12.3. The minimum atomic E-state index is -0.851. The van der Waals surface area contributed by atoms with Crippen molar-refractivity contribution in [1.29, 1.82) is 0 Å². The Hall–Kier alpha value is -2.53. The predicted octanol–water partition coefficient (Wildman–Crippen LogP) is 3.39. The second kappa shape index (κ2) is 17.8. The van der Waals surface area contributed by atoms with Crippen LogP contribution >= 0.6 is 0 Å². The maximum Gasteiger partial charge on any atom is 0.240 e. The molecule has 0 aliphatic carbocycles. The van der Waals surface area contributed by atoms with Gasteiger partial charge in [-0.1, -0.05) is 71.4 Å². The number of hydrogen-bond donors (Lipinski definition) is 3. The molecule has 0 saturated carbocycles. The molecule has 1 aromatic rings. The first-order chi connectivity index (χ1) is 20.8. The summed E-state index contributed by atoms with van der Waals surface area (Å²) in [5.41, 5.74) is 0.727. The molecule has 1 aliphatic rings. The normalized spacial score (nSPS) is 20.7. The zero-order chi connectivity index (χ0) is 33.1. The van der Waals surface area contributed by atoms with Gasteiger partial charge in [0.2, 0.25) is 17.7 Å². The van der Waals surface area contributed by atoms with Crippen molar-refractivity contribution in [2.75, 3.05) is 34.9 Å².